The molecule has 1 aliphatic rings. The lowest BCUT2D eigenvalue weighted by molar-refractivity contribution is 0.0975. The molecule has 2 heterocycles. The van der Waals surface area contributed by atoms with Crippen molar-refractivity contribution in [3.8, 4) is 0 Å². The number of fused-ring (bicyclic) bond motifs is 1. The maximum Gasteiger partial charge on any atom is 0.229 e. The molecule has 4 aromatic rings. The molecule has 2 N–H and O–H groups in total. The monoisotopic (exact) mass is 482 g/mol. The quantitative estimate of drug-likeness (QED) is 0.393. The molecule has 3 atom stereocenters. The fraction of sp³-hybridized carbons (Fsp3) is 0.286. The second-order valence-electron chi connectivity index (χ2n) is 9.15. The molecular formula is C28H30N6O2. The summed E-state index contributed by atoms with van der Waals surface area (Å²) in [7, 11) is 3.88. The number of aliphatic hydroxyl groups is 2. The van der Waals surface area contributed by atoms with E-state index in [1.807, 2.05) is 83.9 Å². The van der Waals surface area contributed by atoms with Crippen molar-refractivity contribution < 1.29 is 10.2 Å². The topological polar surface area (TPSA) is 101 Å². The first kappa shape index (κ1) is 23.8. The molecule has 0 amide bonds. The van der Waals surface area contributed by atoms with Gasteiger partial charge in [0, 0.05) is 57.0 Å². The lowest BCUT2D eigenvalue weighted by atomic mass is 9.71. The van der Waals surface area contributed by atoms with Gasteiger partial charge in [0.05, 0.1) is 17.8 Å². The Labute approximate surface area is 210 Å². The van der Waals surface area contributed by atoms with E-state index in [1.165, 1.54) is 0 Å². The SMILES string of the molecule is Cn1c([C@@H]2c3nc(/N=C/c4ccccc4)n(C)c3C[C@H](CO)[C@H]2CO)cnc1/N=C/c1ccccc1. The summed E-state index contributed by atoms with van der Waals surface area (Å²) in [5.41, 5.74) is 4.75. The molecule has 0 saturated carbocycles. The van der Waals surface area contributed by atoms with Gasteiger partial charge < -0.3 is 19.3 Å². The van der Waals surface area contributed by atoms with Crippen LogP contribution in [-0.4, -0.2) is 55.0 Å². The molecule has 2 aromatic heterocycles. The van der Waals surface area contributed by atoms with E-state index in [0.29, 0.717) is 18.3 Å². The minimum atomic E-state index is -0.249. The van der Waals surface area contributed by atoms with Gasteiger partial charge in [-0.3, -0.25) is 0 Å². The number of aromatic nitrogens is 4. The Morgan fingerprint density at radius 3 is 2.06 bits per heavy atom. The molecule has 8 heteroatoms. The Morgan fingerprint density at radius 1 is 0.861 bits per heavy atom. The highest BCUT2D eigenvalue weighted by Crippen LogP contribution is 2.44. The summed E-state index contributed by atoms with van der Waals surface area (Å²) in [6.07, 6.45) is 6.01. The van der Waals surface area contributed by atoms with Gasteiger partial charge in [-0.2, -0.15) is 0 Å². The lowest BCUT2D eigenvalue weighted by Gasteiger charge is -2.36. The first-order chi connectivity index (χ1) is 17.6. The van der Waals surface area contributed by atoms with Crippen LogP contribution >= 0.6 is 0 Å². The highest BCUT2D eigenvalue weighted by atomic mass is 16.3. The van der Waals surface area contributed by atoms with E-state index >= 15 is 0 Å². The van der Waals surface area contributed by atoms with E-state index in [0.717, 1.165) is 28.2 Å². The lowest BCUT2D eigenvalue weighted by Crippen LogP contribution is -2.36. The third kappa shape index (κ3) is 4.53. The molecule has 184 valence electrons. The smallest absolute Gasteiger partial charge is 0.229 e. The second-order valence-corrected chi connectivity index (χ2v) is 9.15. The van der Waals surface area contributed by atoms with Crippen molar-refractivity contribution in [2.24, 2.45) is 35.9 Å². The molecule has 36 heavy (non-hydrogen) atoms. The zero-order chi connectivity index (χ0) is 25.1. The summed E-state index contributed by atoms with van der Waals surface area (Å²) < 4.78 is 3.93. The van der Waals surface area contributed by atoms with Crippen LogP contribution in [0.2, 0.25) is 0 Å². The minimum Gasteiger partial charge on any atom is -0.396 e. The second kappa shape index (κ2) is 10.4. The number of imidazole rings is 2. The summed E-state index contributed by atoms with van der Waals surface area (Å²) in [5.74, 6) is 0.593. The number of aliphatic hydroxyl groups excluding tert-OH is 2. The Kier molecular flexibility index (Phi) is 6.88. The summed E-state index contributed by atoms with van der Waals surface area (Å²) >= 11 is 0. The minimum absolute atomic E-state index is 0.0220. The van der Waals surface area contributed by atoms with Crippen molar-refractivity contribution in [2.45, 2.75) is 12.3 Å². The van der Waals surface area contributed by atoms with Gasteiger partial charge in [0.25, 0.3) is 0 Å². The van der Waals surface area contributed by atoms with Crippen molar-refractivity contribution in [1.29, 1.82) is 0 Å². The van der Waals surface area contributed by atoms with Crippen LogP contribution in [0.25, 0.3) is 0 Å². The first-order valence-electron chi connectivity index (χ1n) is 12.1. The number of hydrogen-bond acceptors (Lipinski definition) is 6. The Morgan fingerprint density at radius 2 is 1.47 bits per heavy atom. The normalized spacial score (nSPS) is 19.8. The van der Waals surface area contributed by atoms with Crippen molar-refractivity contribution >= 4 is 24.3 Å². The number of benzene rings is 2. The van der Waals surface area contributed by atoms with E-state index in [4.69, 9.17) is 4.98 Å². The molecule has 0 unspecified atom stereocenters. The number of aliphatic imine (C=N–C) groups is 2. The summed E-state index contributed by atoms with van der Waals surface area (Å²) in [5, 5.41) is 20.6. The Hall–Kier alpha value is -3.88. The van der Waals surface area contributed by atoms with Crippen LogP contribution in [0.3, 0.4) is 0 Å². The van der Waals surface area contributed by atoms with Crippen molar-refractivity contribution in [3.05, 3.63) is 95.1 Å². The maximum absolute atomic E-state index is 10.4. The van der Waals surface area contributed by atoms with Crippen LogP contribution in [0.4, 0.5) is 11.9 Å². The van der Waals surface area contributed by atoms with Crippen LogP contribution < -0.4 is 0 Å². The molecular weight excluding hydrogens is 452 g/mol. The van der Waals surface area contributed by atoms with Crippen molar-refractivity contribution in [1.82, 2.24) is 19.1 Å². The molecule has 5 rings (SSSR count). The van der Waals surface area contributed by atoms with E-state index in [9.17, 15) is 10.2 Å². The Balaban J connectivity index is 1.54. The summed E-state index contributed by atoms with van der Waals surface area (Å²) in [6, 6.07) is 19.8. The molecule has 0 bridgehead atoms. The molecule has 8 nitrogen and oxygen atoms in total. The van der Waals surface area contributed by atoms with Crippen molar-refractivity contribution in [2.75, 3.05) is 13.2 Å². The van der Waals surface area contributed by atoms with Gasteiger partial charge in [0.15, 0.2) is 0 Å². The predicted molar refractivity (Wildman–Crippen MR) is 141 cm³/mol. The fourth-order valence-corrected chi connectivity index (χ4v) is 5.00. The largest absolute Gasteiger partial charge is 0.396 e. The van der Waals surface area contributed by atoms with Crippen LogP contribution in [0.15, 0.2) is 76.8 Å². The fourth-order valence-electron chi connectivity index (χ4n) is 5.00. The van der Waals surface area contributed by atoms with Gasteiger partial charge in [-0.05, 0) is 23.5 Å². The summed E-state index contributed by atoms with van der Waals surface area (Å²) in [6.45, 7) is -0.0891. The molecule has 0 spiro atoms. The van der Waals surface area contributed by atoms with Crippen LogP contribution in [0.5, 0.6) is 0 Å². The van der Waals surface area contributed by atoms with Gasteiger partial charge in [-0.25, -0.2) is 20.0 Å². The molecule has 0 aliphatic heterocycles. The first-order valence-corrected chi connectivity index (χ1v) is 12.1. The zero-order valence-corrected chi connectivity index (χ0v) is 20.4. The molecule has 0 fully saturated rings. The maximum atomic E-state index is 10.4. The predicted octanol–water partition coefficient (Wildman–Crippen LogP) is 3.56. The Bertz CT molecular complexity index is 1370. The van der Waals surface area contributed by atoms with Gasteiger partial charge in [-0.15, -0.1) is 0 Å². The molecule has 0 radical (unpaired) electrons. The summed E-state index contributed by atoms with van der Waals surface area (Å²) in [4.78, 5) is 18.7. The van der Waals surface area contributed by atoms with Crippen LogP contribution in [0.1, 0.15) is 34.1 Å². The van der Waals surface area contributed by atoms with Gasteiger partial charge in [0.2, 0.25) is 11.9 Å². The zero-order valence-electron chi connectivity index (χ0n) is 20.4. The van der Waals surface area contributed by atoms with Crippen LogP contribution in [0, 0.1) is 11.8 Å². The molecule has 0 saturated heterocycles. The third-order valence-electron chi connectivity index (χ3n) is 7.03. The van der Waals surface area contributed by atoms with Gasteiger partial charge in [0.1, 0.15) is 0 Å². The standard InChI is InChI=1S/C28H30N6O2/c1-33-23-13-21(17-35)22(18-36)25(26(23)32-28(33)30-15-20-11-7-4-8-12-20)24-16-31-27(34(24)2)29-14-19-9-5-3-6-10-19/h3-12,14-16,21-22,25,35-36H,13,17-18H2,1-2H3/b29-14+,30-15+/t21-,22-,25-/m1/s1. The molecule has 1 aliphatic carbocycles. The third-order valence-corrected chi connectivity index (χ3v) is 7.03. The number of nitrogens with zero attached hydrogens (tertiary/aromatic N) is 6. The number of hydrogen-bond donors (Lipinski definition) is 2. The van der Waals surface area contributed by atoms with Gasteiger partial charge >= 0.3 is 0 Å². The van der Waals surface area contributed by atoms with Gasteiger partial charge in [-0.1, -0.05) is 60.7 Å². The average molecular weight is 483 g/mol. The van der Waals surface area contributed by atoms with E-state index in [2.05, 4.69) is 15.0 Å². The van der Waals surface area contributed by atoms with E-state index in [-0.39, 0.29) is 31.0 Å². The highest BCUT2D eigenvalue weighted by molar-refractivity contribution is 5.81. The highest BCUT2D eigenvalue weighted by Gasteiger charge is 2.42. The molecule has 2 aromatic carbocycles. The average Bonchev–Trinajstić information content (AvgIpc) is 3.44. The number of rotatable bonds is 7. The van der Waals surface area contributed by atoms with Crippen molar-refractivity contribution in [3.63, 3.8) is 0 Å². The van der Waals surface area contributed by atoms with E-state index in [1.54, 1.807) is 18.6 Å². The van der Waals surface area contributed by atoms with Crippen LogP contribution in [-0.2, 0) is 20.5 Å². The van der Waals surface area contributed by atoms with E-state index < -0.39 is 0 Å².